The molecule has 35 heavy (non-hydrogen) atoms. The molecule has 0 aliphatic rings. The molecule has 7 heteroatoms. The number of ether oxygens (including phenoxy) is 3. The van der Waals surface area contributed by atoms with E-state index in [2.05, 4.69) is 24.4 Å². The summed E-state index contributed by atoms with van der Waals surface area (Å²) in [5.74, 6) is -0.330. The van der Waals surface area contributed by atoms with E-state index >= 15 is 0 Å². The van der Waals surface area contributed by atoms with E-state index in [1.165, 1.54) is 19.6 Å². The summed E-state index contributed by atoms with van der Waals surface area (Å²) in [4.78, 5) is 36.3. The largest absolute Gasteiger partial charge is 0.467 e. The van der Waals surface area contributed by atoms with Crippen LogP contribution in [0.3, 0.4) is 0 Å². The molecule has 0 bridgehead atoms. The lowest BCUT2D eigenvalue weighted by atomic mass is 9.77. The van der Waals surface area contributed by atoms with Crippen molar-refractivity contribution in [1.29, 1.82) is 0 Å². The van der Waals surface area contributed by atoms with E-state index in [0.29, 0.717) is 12.8 Å². The number of nitrogens with one attached hydrogen (secondary N) is 1. The molecule has 0 unspecified atom stereocenters. The fraction of sp³-hybridized carbons (Fsp3) is 0.679. The first-order chi connectivity index (χ1) is 16.5. The molecule has 7 nitrogen and oxygen atoms in total. The minimum atomic E-state index is -0.785. The van der Waals surface area contributed by atoms with E-state index in [9.17, 15) is 14.4 Å². The normalized spacial score (nSPS) is 14.8. The van der Waals surface area contributed by atoms with Crippen LogP contribution in [0.2, 0.25) is 0 Å². The van der Waals surface area contributed by atoms with Crippen LogP contribution in [-0.4, -0.2) is 42.9 Å². The summed E-state index contributed by atoms with van der Waals surface area (Å²) in [7, 11) is 1.31. The number of benzene rings is 1. The van der Waals surface area contributed by atoms with Crippen LogP contribution in [-0.2, 0) is 30.2 Å². The van der Waals surface area contributed by atoms with Crippen molar-refractivity contribution in [2.24, 2.45) is 11.8 Å². The van der Waals surface area contributed by atoms with Gasteiger partial charge in [-0.15, -0.1) is 0 Å². The number of rotatable bonds is 14. The topological polar surface area (TPSA) is 90.9 Å². The second kappa shape index (κ2) is 15.4. The van der Waals surface area contributed by atoms with Gasteiger partial charge in [-0.05, 0) is 70.8 Å². The lowest BCUT2D eigenvalue weighted by molar-refractivity contribution is -0.149. The predicted molar refractivity (Wildman–Crippen MR) is 137 cm³/mol. The number of carbonyl (C=O) groups excluding carboxylic acids is 3. The highest BCUT2D eigenvalue weighted by molar-refractivity contribution is 5.81. The van der Waals surface area contributed by atoms with Crippen LogP contribution in [0.1, 0.15) is 85.6 Å². The number of alkyl carbamates (subject to hydrolysis) is 1. The second-order valence-corrected chi connectivity index (χ2v) is 10.2. The molecule has 0 radical (unpaired) electrons. The van der Waals surface area contributed by atoms with E-state index in [4.69, 9.17) is 14.2 Å². The van der Waals surface area contributed by atoms with Crippen molar-refractivity contribution in [1.82, 2.24) is 5.32 Å². The van der Waals surface area contributed by atoms with Crippen LogP contribution in [0.15, 0.2) is 30.3 Å². The Morgan fingerprint density at radius 3 is 2.20 bits per heavy atom. The predicted octanol–water partition coefficient (Wildman–Crippen LogP) is 5.84. The summed E-state index contributed by atoms with van der Waals surface area (Å²) in [6, 6.07) is 9.50. The number of carbonyl (C=O) groups is 3. The third kappa shape index (κ3) is 12.6. The fourth-order valence-electron chi connectivity index (χ4n) is 4.45. The van der Waals surface area contributed by atoms with Crippen LogP contribution >= 0.6 is 0 Å². The number of methoxy groups -OCH3 is 1. The van der Waals surface area contributed by atoms with Crippen LogP contribution in [0.5, 0.6) is 0 Å². The van der Waals surface area contributed by atoms with Crippen LogP contribution < -0.4 is 5.32 Å². The Kier molecular flexibility index (Phi) is 13.4. The third-order valence-electron chi connectivity index (χ3n) is 6.04. The van der Waals surface area contributed by atoms with Crippen molar-refractivity contribution in [2.45, 2.75) is 104 Å². The molecule has 1 rings (SSSR count). The van der Waals surface area contributed by atoms with E-state index < -0.39 is 23.7 Å². The van der Waals surface area contributed by atoms with Crippen molar-refractivity contribution in [2.75, 3.05) is 7.11 Å². The summed E-state index contributed by atoms with van der Waals surface area (Å²) >= 11 is 0. The van der Waals surface area contributed by atoms with Gasteiger partial charge in [-0.25, -0.2) is 9.59 Å². The van der Waals surface area contributed by atoms with Gasteiger partial charge in [0.15, 0.2) is 0 Å². The van der Waals surface area contributed by atoms with Crippen molar-refractivity contribution < 1.29 is 28.6 Å². The van der Waals surface area contributed by atoms with Crippen molar-refractivity contribution in [3.05, 3.63) is 35.9 Å². The van der Waals surface area contributed by atoms with E-state index in [1.54, 1.807) is 20.8 Å². The first-order valence-corrected chi connectivity index (χ1v) is 12.7. The molecule has 0 heterocycles. The lowest BCUT2D eigenvalue weighted by Crippen LogP contribution is -2.44. The quantitative estimate of drug-likeness (QED) is 0.260. The average Bonchev–Trinajstić information content (AvgIpc) is 2.76. The Labute approximate surface area is 211 Å². The van der Waals surface area contributed by atoms with E-state index in [0.717, 1.165) is 32.1 Å². The molecule has 0 aromatic heterocycles. The Morgan fingerprint density at radius 2 is 1.66 bits per heavy atom. The molecule has 0 fully saturated rings. The maximum absolute atomic E-state index is 12.3. The summed E-state index contributed by atoms with van der Waals surface area (Å²) in [5, 5.41) is 2.66. The summed E-state index contributed by atoms with van der Waals surface area (Å²) < 4.78 is 15.8. The highest BCUT2D eigenvalue weighted by Crippen LogP contribution is 2.32. The molecule has 1 aromatic carbocycles. The number of hydrogen-bond donors (Lipinski definition) is 1. The molecule has 1 N–H and O–H groups in total. The molecular weight excluding hydrogens is 446 g/mol. The van der Waals surface area contributed by atoms with E-state index in [1.807, 2.05) is 25.1 Å². The van der Waals surface area contributed by atoms with Crippen LogP contribution in [0, 0.1) is 11.8 Å². The summed E-state index contributed by atoms with van der Waals surface area (Å²) in [6.45, 7) is 10.9. The zero-order valence-corrected chi connectivity index (χ0v) is 22.6. The van der Waals surface area contributed by atoms with Gasteiger partial charge in [0.2, 0.25) is 0 Å². The van der Waals surface area contributed by atoms with Crippen LogP contribution in [0.4, 0.5) is 4.79 Å². The number of esters is 2. The van der Waals surface area contributed by atoms with Crippen molar-refractivity contribution in [3.8, 4) is 0 Å². The summed E-state index contributed by atoms with van der Waals surface area (Å²) in [6.07, 6.45) is 5.02. The smallest absolute Gasteiger partial charge is 0.408 e. The zero-order valence-electron chi connectivity index (χ0n) is 22.6. The molecule has 1 aromatic rings. The Morgan fingerprint density at radius 1 is 1.00 bits per heavy atom. The van der Waals surface area contributed by atoms with Crippen molar-refractivity contribution >= 4 is 18.0 Å². The average molecular weight is 492 g/mol. The maximum atomic E-state index is 12.3. The molecule has 0 spiro atoms. The number of unbranched alkanes of at least 4 members (excludes halogenated alkanes) is 1. The number of hydrogen-bond acceptors (Lipinski definition) is 6. The van der Waals surface area contributed by atoms with Gasteiger partial charge in [-0.2, -0.15) is 0 Å². The van der Waals surface area contributed by atoms with Gasteiger partial charge < -0.3 is 19.5 Å². The Hall–Kier alpha value is -2.57. The first-order valence-electron chi connectivity index (χ1n) is 12.7. The van der Waals surface area contributed by atoms with E-state index in [-0.39, 0.29) is 23.9 Å². The minimum absolute atomic E-state index is 0.189. The van der Waals surface area contributed by atoms with Gasteiger partial charge in [-0.1, -0.05) is 56.5 Å². The van der Waals surface area contributed by atoms with Gasteiger partial charge in [-0.3, -0.25) is 4.79 Å². The lowest BCUT2D eigenvalue weighted by Gasteiger charge is -2.32. The zero-order chi connectivity index (χ0) is 26.4. The maximum Gasteiger partial charge on any atom is 0.408 e. The van der Waals surface area contributed by atoms with Crippen LogP contribution in [0.25, 0.3) is 0 Å². The molecule has 0 aliphatic heterocycles. The fourth-order valence-corrected chi connectivity index (χ4v) is 4.45. The molecular formula is C28H45NO6. The monoisotopic (exact) mass is 491 g/mol. The Bertz CT molecular complexity index is 773. The molecule has 1 amide bonds. The third-order valence-corrected chi connectivity index (χ3v) is 6.04. The minimum Gasteiger partial charge on any atom is -0.467 e. The molecule has 4 atom stereocenters. The molecule has 198 valence electrons. The highest BCUT2D eigenvalue weighted by Gasteiger charge is 2.30. The highest BCUT2D eigenvalue weighted by atomic mass is 16.6. The molecule has 0 saturated heterocycles. The Balaban J connectivity index is 2.99. The molecule has 0 aliphatic carbocycles. The molecule has 0 saturated carbocycles. The first kappa shape index (κ1) is 30.5. The van der Waals surface area contributed by atoms with Gasteiger partial charge in [0.05, 0.1) is 7.11 Å². The standard InChI is InChI=1S/C28H45NO6/c1-8-9-17-24(20(2)34-21(3)30)23(19-22-14-11-10-12-15-22)16-13-18-25(26(31)33-7)29-27(32)35-28(4,5)6/h10-12,14-15,20,23-25H,8-9,13,16-19H2,1-7H3,(H,29,32)/t20-,23+,24-,25-/m0/s1. The summed E-state index contributed by atoms with van der Waals surface area (Å²) in [5.41, 5.74) is 0.565. The second-order valence-electron chi connectivity index (χ2n) is 10.2. The van der Waals surface area contributed by atoms with Gasteiger partial charge in [0.25, 0.3) is 0 Å². The number of amides is 1. The van der Waals surface area contributed by atoms with Crippen molar-refractivity contribution in [3.63, 3.8) is 0 Å². The van der Waals surface area contributed by atoms with Gasteiger partial charge in [0, 0.05) is 6.92 Å². The SMILES string of the molecule is CCCC[C@H]([C@H](CCC[C@H](NC(=O)OC(C)(C)C)C(=O)OC)Cc1ccccc1)[C@H](C)OC(C)=O. The van der Waals surface area contributed by atoms with Gasteiger partial charge in [0.1, 0.15) is 17.7 Å². The van der Waals surface area contributed by atoms with Gasteiger partial charge >= 0.3 is 18.0 Å².